The number of nitrogens with zero attached hydrogens (tertiary/aromatic N) is 4. The predicted octanol–water partition coefficient (Wildman–Crippen LogP) is 1.99. The summed E-state index contributed by atoms with van der Waals surface area (Å²) in [4.78, 5) is 8.30. The van der Waals surface area contributed by atoms with Gasteiger partial charge in [-0.1, -0.05) is 0 Å². The lowest BCUT2D eigenvalue weighted by molar-refractivity contribution is 0.555. The number of imidazole rings is 2. The standard InChI is InChI=1S/C12H19N5/c1-2-14-12-15-6-10-17(12)8-4-3-7-16-9-5-13-11-16/h5-6,9-11H,2-4,7-8H2,1H3,(H,14,15). The van der Waals surface area contributed by atoms with Crippen molar-refractivity contribution in [3.05, 3.63) is 31.1 Å². The lowest BCUT2D eigenvalue weighted by Crippen LogP contribution is -2.07. The first-order valence-electron chi connectivity index (χ1n) is 6.11. The molecule has 2 rings (SSSR count). The first-order chi connectivity index (χ1) is 8.40. The molecule has 0 saturated carbocycles. The molecule has 5 nitrogen and oxygen atoms in total. The Bertz CT molecular complexity index is 418. The zero-order valence-corrected chi connectivity index (χ0v) is 10.2. The molecule has 2 aromatic heterocycles. The molecule has 2 heterocycles. The van der Waals surface area contributed by atoms with Crippen LogP contribution in [0.3, 0.4) is 0 Å². The van der Waals surface area contributed by atoms with Crippen molar-refractivity contribution >= 4 is 5.95 Å². The first kappa shape index (κ1) is 11.7. The molecule has 0 spiro atoms. The van der Waals surface area contributed by atoms with Crippen LogP contribution in [0.25, 0.3) is 0 Å². The fraction of sp³-hybridized carbons (Fsp3) is 0.500. The number of nitrogens with one attached hydrogen (secondary N) is 1. The van der Waals surface area contributed by atoms with Gasteiger partial charge >= 0.3 is 0 Å². The molecule has 0 atom stereocenters. The van der Waals surface area contributed by atoms with Gasteiger partial charge in [0, 0.05) is 44.4 Å². The van der Waals surface area contributed by atoms with Crippen molar-refractivity contribution in [2.24, 2.45) is 0 Å². The first-order valence-corrected chi connectivity index (χ1v) is 6.11. The van der Waals surface area contributed by atoms with Crippen LogP contribution in [0.15, 0.2) is 31.1 Å². The molecule has 92 valence electrons. The van der Waals surface area contributed by atoms with E-state index in [2.05, 4.69) is 31.3 Å². The highest BCUT2D eigenvalue weighted by Gasteiger charge is 2.00. The van der Waals surface area contributed by atoms with Gasteiger partial charge in [-0.15, -0.1) is 0 Å². The third kappa shape index (κ3) is 3.34. The summed E-state index contributed by atoms with van der Waals surface area (Å²) in [6.45, 7) is 5.03. The number of aromatic nitrogens is 4. The smallest absolute Gasteiger partial charge is 0.202 e. The molecule has 1 N–H and O–H groups in total. The minimum Gasteiger partial charge on any atom is -0.356 e. The molecule has 0 aromatic carbocycles. The molecular weight excluding hydrogens is 214 g/mol. The molecule has 0 radical (unpaired) electrons. The molecule has 0 aliphatic heterocycles. The highest BCUT2D eigenvalue weighted by atomic mass is 15.2. The summed E-state index contributed by atoms with van der Waals surface area (Å²) in [5, 5.41) is 3.25. The van der Waals surface area contributed by atoms with Crippen molar-refractivity contribution in [1.29, 1.82) is 0 Å². The molecule has 0 saturated heterocycles. The largest absolute Gasteiger partial charge is 0.356 e. The van der Waals surface area contributed by atoms with Crippen LogP contribution < -0.4 is 5.32 Å². The van der Waals surface area contributed by atoms with Gasteiger partial charge in [0.05, 0.1) is 6.33 Å². The van der Waals surface area contributed by atoms with Crippen molar-refractivity contribution < 1.29 is 0 Å². The summed E-state index contributed by atoms with van der Waals surface area (Å²) < 4.78 is 4.27. The van der Waals surface area contributed by atoms with Crippen molar-refractivity contribution in [2.45, 2.75) is 32.9 Å². The van der Waals surface area contributed by atoms with E-state index in [1.807, 2.05) is 31.1 Å². The van der Waals surface area contributed by atoms with Gasteiger partial charge in [0.25, 0.3) is 0 Å². The van der Waals surface area contributed by atoms with Crippen LogP contribution in [-0.4, -0.2) is 25.6 Å². The van der Waals surface area contributed by atoms with E-state index in [-0.39, 0.29) is 0 Å². The number of hydrogen-bond donors (Lipinski definition) is 1. The summed E-state index contributed by atoms with van der Waals surface area (Å²) in [5.41, 5.74) is 0. The molecule has 17 heavy (non-hydrogen) atoms. The maximum atomic E-state index is 4.27. The maximum absolute atomic E-state index is 4.27. The number of hydrogen-bond acceptors (Lipinski definition) is 3. The van der Waals surface area contributed by atoms with E-state index in [0.29, 0.717) is 0 Å². The maximum Gasteiger partial charge on any atom is 0.202 e. The third-order valence-electron chi connectivity index (χ3n) is 2.67. The lowest BCUT2D eigenvalue weighted by atomic mass is 10.3. The van der Waals surface area contributed by atoms with Gasteiger partial charge < -0.3 is 14.5 Å². The lowest BCUT2D eigenvalue weighted by Gasteiger charge is -2.08. The molecule has 0 aliphatic carbocycles. The van der Waals surface area contributed by atoms with E-state index in [1.165, 1.54) is 0 Å². The zero-order chi connectivity index (χ0) is 11.9. The van der Waals surface area contributed by atoms with Crippen molar-refractivity contribution in [3.8, 4) is 0 Å². The molecule has 0 amide bonds. The minimum atomic E-state index is 0.909. The Morgan fingerprint density at radius 2 is 2.06 bits per heavy atom. The monoisotopic (exact) mass is 233 g/mol. The molecular formula is C12H19N5. The fourth-order valence-electron chi connectivity index (χ4n) is 1.81. The number of aryl methyl sites for hydroxylation is 2. The normalized spacial score (nSPS) is 10.6. The number of anilines is 1. The van der Waals surface area contributed by atoms with E-state index in [9.17, 15) is 0 Å². The second kappa shape index (κ2) is 6.08. The van der Waals surface area contributed by atoms with E-state index in [0.717, 1.165) is 38.4 Å². The summed E-state index contributed by atoms with van der Waals surface area (Å²) in [6.07, 6.45) is 11.8. The van der Waals surface area contributed by atoms with Crippen LogP contribution in [-0.2, 0) is 13.1 Å². The van der Waals surface area contributed by atoms with Crippen LogP contribution in [0.4, 0.5) is 5.95 Å². The topological polar surface area (TPSA) is 47.7 Å². The van der Waals surface area contributed by atoms with E-state index in [1.54, 1.807) is 0 Å². The van der Waals surface area contributed by atoms with E-state index in [4.69, 9.17) is 0 Å². The Hall–Kier alpha value is -1.78. The number of unbranched alkanes of at least 4 members (excludes halogenated alkanes) is 1. The summed E-state index contributed by atoms with van der Waals surface area (Å²) in [7, 11) is 0. The van der Waals surface area contributed by atoms with Gasteiger partial charge in [0.2, 0.25) is 5.95 Å². The van der Waals surface area contributed by atoms with Crippen LogP contribution in [0.2, 0.25) is 0 Å². The summed E-state index contributed by atoms with van der Waals surface area (Å²) in [6, 6.07) is 0. The second-order valence-corrected chi connectivity index (χ2v) is 3.98. The average molecular weight is 233 g/mol. The highest BCUT2D eigenvalue weighted by molar-refractivity contribution is 5.25. The molecule has 0 unspecified atom stereocenters. The van der Waals surface area contributed by atoms with Gasteiger partial charge in [0.15, 0.2) is 0 Å². The predicted molar refractivity (Wildman–Crippen MR) is 67.9 cm³/mol. The van der Waals surface area contributed by atoms with Crippen molar-refractivity contribution in [2.75, 3.05) is 11.9 Å². The van der Waals surface area contributed by atoms with Crippen molar-refractivity contribution in [3.63, 3.8) is 0 Å². The Kier molecular flexibility index (Phi) is 4.18. The fourth-order valence-corrected chi connectivity index (χ4v) is 1.81. The molecule has 2 aromatic rings. The van der Waals surface area contributed by atoms with Gasteiger partial charge in [-0.05, 0) is 19.8 Å². The van der Waals surface area contributed by atoms with Crippen LogP contribution in [0.1, 0.15) is 19.8 Å². The quantitative estimate of drug-likeness (QED) is 0.744. The van der Waals surface area contributed by atoms with Gasteiger partial charge in [-0.2, -0.15) is 0 Å². The SMILES string of the molecule is CCNc1nccn1CCCCn1ccnc1. The molecule has 5 heteroatoms. The molecule has 0 aliphatic rings. The average Bonchev–Trinajstić information content (AvgIpc) is 2.96. The molecule has 0 fully saturated rings. The van der Waals surface area contributed by atoms with Gasteiger partial charge in [-0.3, -0.25) is 0 Å². The highest BCUT2D eigenvalue weighted by Crippen LogP contribution is 2.06. The zero-order valence-electron chi connectivity index (χ0n) is 10.2. The minimum absolute atomic E-state index is 0.909. The Morgan fingerprint density at radius 1 is 1.18 bits per heavy atom. The van der Waals surface area contributed by atoms with Crippen molar-refractivity contribution in [1.82, 2.24) is 19.1 Å². The van der Waals surface area contributed by atoms with Gasteiger partial charge in [-0.25, -0.2) is 9.97 Å². The van der Waals surface area contributed by atoms with E-state index < -0.39 is 0 Å². The van der Waals surface area contributed by atoms with E-state index >= 15 is 0 Å². The van der Waals surface area contributed by atoms with Crippen LogP contribution in [0.5, 0.6) is 0 Å². The second-order valence-electron chi connectivity index (χ2n) is 3.98. The Labute approximate surface area is 102 Å². The van der Waals surface area contributed by atoms with Crippen LogP contribution >= 0.6 is 0 Å². The Balaban J connectivity index is 1.72. The third-order valence-corrected chi connectivity index (χ3v) is 2.67. The molecule has 0 bridgehead atoms. The summed E-state index contributed by atoms with van der Waals surface area (Å²) >= 11 is 0. The summed E-state index contributed by atoms with van der Waals surface area (Å²) in [5.74, 6) is 0.968. The van der Waals surface area contributed by atoms with Gasteiger partial charge in [0.1, 0.15) is 0 Å². The van der Waals surface area contributed by atoms with Crippen LogP contribution in [0, 0.1) is 0 Å². The Morgan fingerprint density at radius 3 is 2.82 bits per heavy atom. The number of rotatable bonds is 7.